The van der Waals surface area contributed by atoms with Crippen LogP contribution in [-0.2, 0) is 4.79 Å². The van der Waals surface area contributed by atoms with Gasteiger partial charge in [-0.15, -0.1) is 0 Å². The minimum absolute atomic E-state index is 0.232. The van der Waals surface area contributed by atoms with Gasteiger partial charge in [-0.25, -0.2) is 0 Å². The molecular weight excluding hydrogens is 166 g/mol. The normalized spacial score (nSPS) is 30.1. The van der Waals surface area contributed by atoms with Crippen molar-refractivity contribution in [3.63, 3.8) is 0 Å². The highest BCUT2D eigenvalue weighted by atomic mass is 16.4. The summed E-state index contributed by atoms with van der Waals surface area (Å²) in [5.74, 6) is -0.191. The Morgan fingerprint density at radius 2 is 2.08 bits per heavy atom. The molecule has 0 radical (unpaired) electrons. The zero-order valence-corrected chi connectivity index (χ0v) is 8.63. The van der Waals surface area contributed by atoms with Crippen LogP contribution in [0.3, 0.4) is 0 Å². The number of carboxylic acids is 1. The average molecular weight is 185 g/mol. The van der Waals surface area contributed by atoms with Crippen molar-refractivity contribution in [3.05, 3.63) is 0 Å². The molecule has 0 aromatic heterocycles. The lowest BCUT2D eigenvalue weighted by Gasteiger charge is -2.36. The number of hydrogen-bond donors (Lipinski definition) is 2. The zero-order valence-electron chi connectivity index (χ0n) is 8.63. The minimum atomic E-state index is -0.714. The SMILES string of the molecule is CC(C)(C)C1CCNC(C(=O)O)C1. The van der Waals surface area contributed by atoms with Crippen LogP contribution in [-0.4, -0.2) is 23.7 Å². The molecule has 1 heterocycles. The van der Waals surface area contributed by atoms with Crippen molar-refractivity contribution in [2.24, 2.45) is 11.3 Å². The summed E-state index contributed by atoms with van der Waals surface area (Å²) in [4.78, 5) is 10.8. The smallest absolute Gasteiger partial charge is 0.320 e. The Morgan fingerprint density at radius 3 is 2.54 bits per heavy atom. The predicted molar refractivity (Wildman–Crippen MR) is 51.6 cm³/mol. The molecule has 1 saturated heterocycles. The summed E-state index contributed by atoms with van der Waals surface area (Å²) in [5, 5.41) is 11.9. The standard InChI is InChI=1S/C10H19NO2/c1-10(2,3)7-4-5-11-8(6-7)9(12)13/h7-8,11H,4-6H2,1-3H3,(H,12,13). The second kappa shape index (κ2) is 3.66. The Kier molecular flexibility index (Phi) is 2.96. The summed E-state index contributed by atoms with van der Waals surface area (Å²) in [6, 6.07) is -0.335. The molecule has 3 nitrogen and oxygen atoms in total. The van der Waals surface area contributed by atoms with Crippen LogP contribution in [0.2, 0.25) is 0 Å². The topological polar surface area (TPSA) is 49.3 Å². The van der Waals surface area contributed by atoms with E-state index in [2.05, 4.69) is 26.1 Å². The fraction of sp³-hybridized carbons (Fsp3) is 0.900. The predicted octanol–water partition coefficient (Wildman–Crippen LogP) is 1.49. The van der Waals surface area contributed by atoms with E-state index < -0.39 is 5.97 Å². The maximum absolute atomic E-state index is 10.8. The van der Waals surface area contributed by atoms with Crippen LogP contribution >= 0.6 is 0 Å². The van der Waals surface area contributed by atoms with Crippen molar-refractivity contribution in [1.29, 1.82) is 0 Å². The molecule has 0 saturated carbocycles. The molecule has 0 aliphatic carbocycles. The van der Waals surface area contributed by atoms with Crippen molar-refractivity contribution >= 4 is 5.97 Å². The van der Waals surface area contributed by atoms with Crippen LogP contribution in [0, 0.1) is 11.3 Å². The van der Waals surface area contributed by atoms with Gasteiger partial charge in [-0.2, -0.15) is 0 Å². The Bertz CT molecular complexity index is 196. The van der Waals surface area contributed by atoms with Crippen molar-refractivity contribution in [1.82, 2.24) is 5.32 Å². The summed E-state index contributed by atoms with van der Waals surface area (Å²) in [6.45, 7) is 7.38. The van der Waals surface area contributed by atoms with E-state index in [0.29, 0.717) is 5.92 Å². The molecule has 0 spiro atoms. The van der Waals surface area contributed by atoms with Crippen molar-refractivity contribution in [3.8, 4) is 0 Å². The molecular formula is C10H19NO2. The molecule has 2 unspecified atom stereocenters. The molecule has 1 rings (SSSR count). The van der Waals surface area contributed by atoms with Gasteiger partial charge in [0.25, 0.3) is 0 Å². The number of piperidine rings is 1. The van der Waals surface area contributed by atoms with Crippen LogP contribution in [0.1, 0.15) is 33.6 Å². The maximum atomic E-state index is 10.8. The van der Waals surface area contributed by atoms with E-state index in [1.807, 2.05) is 0 Å². The number of carboxylic acid groups (broad SMARTS) is 1. The molecule has 0 amide bonds. The van der Waals surface area contributed by atoms with Crippen LogP contribution in [0.5, 0.6) is 0 Å². The lowest BCUT2D eigenvalue weighted by atomic mass is 9.74. The fourth-order valence-electron chi connectivity index (χ4n) is 1.89. The van der Waals surface area contributed by atoms with Crippen molar-refractivity contribution in [2.75, 3.05) is 6.54 Å². The Balaban J connectivity index is 2.57. The largest absolute Gasteiger partial charge is 0.480 e. The van der Waals surface area contributed by atoms with E-state index in [1.165, 1.54) is 0 Å². The third kappa shape index (κ3) is 2.69. The second-order valence-corrected chi connectivity index (χ2v) is 4.93. The number of hydrogen-bond acceptors (Lipinski definition) is 2. The highest BCUT2D eigenvalue weighted by molar-refractivity contribution is 5.73. The molecule has 0 aromatic carbocycles. The van der Waals surface area contributed by atoms with Crippen LogP contribution in [0.25, 0.3) is 0 Å². The first-order valence-electron chi connectivity index (χ1n) is 4.87. The van der Waals surface area contributed by atoms with Gasteiger partial charge in [-0.1, -0.05) is 20.8 Å². The molecule has 1 fully saturated rings. The van der Waals surface area contributed by atoms with Gasteiger partial charge in [0.2, 0.25) is 0 Å². The molecule has 0 aromatic rings. The molecule has 1 aliphatic rings. The highest BCUT2D eigenvalue weighted by Gasteiger charge is 2.33. The first kappa shape index (κ1) is 10.5. The van der Waals surface area contributed by atoms with Gasteiger partial charge in [-0.3, -0.25) is 4.79 Å². The van der Waals surface area contributed by atoms with Gasteiger partial charge in [0.15, 0.2) is 0 Å². The molecule has 2 N–H and O–H groups in total. The van der Waals surface area contributed by atoms with E-state index in [9.17, 15) is 4.79 Å². The zero-order chi connectivity index (χ0) is 10.1. The second-order valence-electron chi connectivity index (χ2n) is 4.93. The van der Waals surface area contributed by atoms with E-state index in [4.69, 9.17) is 5.11 Å². The third-order valence-electron chi connectivity index (χ3n) is 2.93. The minimum Gasteiger partial charge on any atom is -0.480 e. The van der Waals surface area contributed by atoms with Crippen LogP contribution in [0.15, 0.2) is 0 Å². The molecule has 13 heavy (non-hydrogen) atoms. The summed E-state index contributed by atoms with van der Waals surface area (Å²) in [7, 11) is 0. The summed E-state index contributed by atoms with van der Waals surface area (Å²) >= 11 is 0. The molecule has 76 valence electrons. The summed E-state index contributed by atoms with van der Waals surface area (Å²) in [6.07, 6.45) is 1.85. The van der Waals surface area contributed by atoms with Crippen LogP contribution in [0.4, 0.5) is 0 Å². The number of nitrogens with one attached hydrogen (secondary N) is 1. The first-order chi connectivity index (χ1) is 5.91. The Hall–Kier alpha value is -0.570. The molecule has 3 heteroatoms. The average Bonchev–Trinajstić information content (AvgIpc) is 2.03. The Labute approximate surface area is 79.5 Å². The quantitative estimate of drug-likeness (QED) is 0.650. The first-order valence-corrected chi connectivity index (χ1v) is 4.87. The lowest BCUT2D eigenvalue weighted by molar-refractivity contribution is -0.140. The summed E-state index contributed by atoms with van der Waals surface area (Å²) < 4.78 is 0. The van der Waals surface area contributed by atoms with Crippen molar-refractivity contribution < 1.29 is 9.90 Å². The van der Waals surface area contributed by atoms with Crippen molar-refractivity contribution in [2.45, 2.75) is 39.7 Å². The van der Waals surface area contributed by atoms with Gasteiger partial charge >= 0.3 is 5.97 Å². The van der Waals surface area contributed by atoms with Gasteiger partial charge in [0.1, 0.15) is 6.04 Å². The Morgan fingerprint density at radius 1 is 1.46 bits per heavy atom. The number of aliphatic carboxylic acids is 1. The number of carbonyl (C=O) groups is 1. The van der Waals surface area contributed by atoms with Gasteiger partial charge in [-0.05, 0) is 30.7 Å². The third-order valence-corrected chi connectivity index (χ3v) is 2.93. The monoisotopic (exact) mass is 185 g/mol. The van der Waals surface area contributed by atoms with E-state index in [-0.39, 0.29) is 11.5 Å². The summed E-state index contributed by atoms with van der Waals surface area (Å²) in [5.41, 5.74) is 0.232. The van der Waals surface area contributed by atoms with Crippen LogP contribution < -0.4 is 5.32 Å². The molecule has 2 atom stereocenters. The van der Waals surface area contributed by atoms with Gasteiger partial charge in [0, 0.05) is 0 Å². The molecule has 1 aliphatic heterocycles. The van der Waals surface area contributed by atoms with E-state index >= 15 is 0 Å². The van der Waals surface area contributed by atoms with E-state index in [1.54, 1.807) is 0 Å². The van der Waals surface area contributed by atoms with E-state index in [0.717, 1.165) is 19.4 Å². The molecule has 0 bridgehead atoms. The lowest BCUT2D eigenvalue weighted by Crippen LogP contribution is -2.46. The van der Waals surface area contributed by atoms with Gasteiger partial charge in [0.05, 0.1) is 0 Å². The van der Waals surface area contributed by atoms with Gasteiger partial charge < -0.3 is 10.4 Å². The maximum Gasteiger partial charge on any atom is 0.320 e. The number of rotatable bonds is 1. The fourth-order valence-corrected chi connectivity index (χ4v) is 1.89. The highest BCUT2D eigenvalue weighted by Crippen LogP contribution is 2.34.